The maximum atomic E-state index is 12.7. The molecule has 1 aliphatic rings. The molecule has 0 unspecified atom stereocenters. The highest BCUT2D eigenvalue weighted by Gasteiger charge is 2.26. The lowest BCUT2D eigenvalue weighted by Gasteiger charge is -2.37. The molecule has 0 bridgehead atoms. The molecule has 0 N–H and O–H groups in total. The molecule has 1 fully saturated rings. The van der Waals surface area contributed by atoms with E-state index in [2.05, 4.69) is 17.9 Å². The summed E-state index contributed by atoms with van der Waals surface area (Å²) in [7, 11) is 0. The van der Waals surface area contributed by atoms with Gasteiger partial charge in [0.05, 0.1) is 0 Å². The van der Waals surface area contributed by atoms with E-state index < -0.39 is 6.10 Å². The minimum Gasteiger partial charge on any atom is -0.481 e. The number of hydrogen-bond acceptors (Lipinski definition) is 3. The van der Waals surface area contributed by atoms with Crippen molar-refractivity contribution >= 4 is 23.2 Å². The van der Waals surface area contributed by atoms with Crippen LogP contribution in [-0.2, 0) is 4.79 Å². The van der Waals surface area contributed by atoms with Gasteiger partial charge in [-0.2, -0.15) is 0 Å². The van der Waals surface area contributed by atoms with E-state index in [4.69, 9.17) is 16.3 Å². The second kappa shape index (κ2) is 8.00. The van der Waals surface area contributed by atoms with Crippen LogP contribution in [0.5, 0.6) is 5.75 Å². The first-order chi connectivity index (χ1) is 12.4. The van der Waals surface area contributed by atoms with Gasteiger partial charge in [-0.3, -0.25) is 4.79 Å². The number of halogens is 1. The zero-order valence-corrected chi connectivity index (χ0v) is 16.3. The van der Waals surface area contributed by atoms with Gasteiger partial charge in [-0.25, -0.2) is 0 Å². The van der Waals surface area contributed by atoms with Crippen molar-refractivity contribution in [3.05, 3.63) is 58.6 Å². The number of piperazine rings is 1. The van der Waals surface area contributed by atoms with E-state index in [1.54, 1.807) is 0 Å². The number of anilines is 1. The molecule has 1 amide bonds. The summed E-state index contributed by atoms with van der Waals surface area (Å²) in [5.74, 6) is 0.778. The van der Waals surface area contributed by atoms with Crippen LogP contribution in [0, 0.1) is 13.8 Å². The molecule has 0 radical (unpaired) electrons. The number of carbonyl (C=O) groups is 1. The Labute approximate surface area is 160 Å². The molecular formula is C21H25ClN2O2. The van der Waals surface area contributed by atoms with E-state index in [0.29, 0.717) is 13.1 Å². The molecule has 0 aliphatic carbocycles. The zero-order valence-electron chi connectivity index (χ0n) is 15.5. The highest BCUT2D eigenvalue weighted by Crippen LogP contribution is 2.22. The Kier molecular flexibility index (Phi) is 5.72. The number of carbonyl (C=O) groups excluding carboxylic acids is 1. The average molecular weight is 373 g/mol. The third-order valence-electron chi connectivity index (χ3n) is 4.90. The van der Waals surface area contributed by atoms with Crippen LogP contribution < -0.4 is 9.64 Å². The Hall–Kier alpha value is -2.20. The number of benzene rings is 2. The van der Waals surface area contributed by atoms with Gasteiger partial charge in [0.2, 0.25) is 0 Å². The second-order valence-corrected chi connectivity index (χ2v) is 7.23. The molecule has 26 heavy (non-hydrogen) atoms. The summed E-state index contributed by atoms with van der Waals surface area (Å²) in [6.45, 7) is 8.89. The van der Waals surface area contributed by atoms with Gasteiger partial charge >= 0.3 is 0 Å². The number of ether oxygens (including phenoxy) is 1. The molecule has 0 saturated carbocycles. The smallest absolute Gasteiger partial charge is 0.263 e. The van der Waals surface area contributed by atoms with Crippen molar-refractivity contribution in [2.24, 2.45) is 0 Å². The third kappa shape index (κ3) is 4.31. The van der Waals surface area contributed by atoms with Crippen molar-refractivity contribution in [1.29, 1.82) is 0 Å². The molecule has 0 spiro atoms. The highest BCUT2D eigenvalue weighted by molar-refractivity contribution is 6.30. The van der Waals surface area contributed by atoms with E-state index in [-0.39, 0.29) is 5.91 Å². The van der Waals surface area contributed by atoms with Crippen LogP contribution in [0.3, 0.4) is 0 Å². The van der Waals surface area contributed by atoms with Crippen molar-refractivity contribution in [3.63, 3.8) is 0 Å². The number of hydrogen-bond donors (Lipinski definition) is 0. The molecule has 4 nitrogen and oxygen atoms in total. The lowest BCUT2D eigenvalue weighted by atomic mass is 10.1. The summed E-state index contributed by atoms with van der Waals surface area (Å²) >= 11 is 6.07. The summed E-state index contributed by atoms with van der Waals surface area (Å²) in [6, 6.07) is 13.8. The SMILES string of the molecule is Cc1ccc(O[C@H](C)C(=O)N2CCN(c3cccc(Cl)c3)CC2)cc1C. The largest absolute Gasteiger partial charge is 0.481 e. The van der Waals surface area contributed by atoms with Gasteiger partial charge in [0.1, 0.15) is 5.75 Å². The van der Waals surface area contributed by atoms with E-state index >= 15 is 0 Å². The molecule has 2 aromatic carbocycles. The number of rotatable bonds is 4. The molecule has 5 heteroatoms. The van der Waals surface area contributed by atoms with E-state index in [1.165, 1.54) is 5.56 Å². The van der Waals surface area contributed by atoms with E-state index in [0.717, 1.165) is 35.1 Å². The molecular weight excluding hydrogens is 348 g/mol. The Morgan fingerprint density at radius 3 is 2.42 bits per heavy atom. The molecule has 0 aromatic heterocycles. The van der Waals surface area contributed by atoms with Gasteiger partial charge < -0.3 is 14.5 Å². The molecule has 1 heterocycles. The quantitative estimate of drug-likeness (QED) is 0.810. The molecule has 138 valence electrons. The minimum atomic E-state index is -0.491. The number of aryl methyl sites for hydroxylation is 2. The Morgan fingerprint density at radius 1 is 1.04 bits per heavy atom. The fraction of sp³-hybridized carbons (Fsp3) is 0.381. The van der Waals surface area contributed by atoms with Crippen LogP contribution >= 0.6 is 11.6 Å². The van der Waals surface area contributed by atoms with Gasteiger partial charge in [0.15, 0.2) is 6.10 Å². The van der Waals surface area contributed by atoms with Crippen LogP contribution in [0.15, 0.2) is 42.5 Å². The van der Waals surface area contributed by atoms with Gasteiger partial charge in [-0.05, 0) is 62.2 Å². The summed E-state index contributed by atoms with van der Waals surface area (Å²) < 4.78 is 5.87. The number of amides is 1. The first-order valence-electron chi connectivity index (χ1n) is 8.97. The van der Waals surface area contributed by atoms with Crippen molar-refractivity contribution in [2.45, 2.75) is 26.9 Å². The first-order valence-corrected chi connectivity index (χ1v) is 9.35. The van der Waals surface area contributed by atoms with Gasteiger partial charge in [-0.15, -0.1) is 0 Å². The van der Waals surface area contributed by atoms with E-state index in [9.17, 15) is 4.79 Å². The molecule has 1 atom stereocenters. The maximum absolute atomic E-state index is 12.7. The topological polar surface area (TPSA) is 32.8 Å². The summed E-state index contributed by atoms with van der Waals surface area (Å²) in [5, 5.41) is 0.733. The third-order valence-corrected chi connectivity index (χ3v) is 5.14. The first kappa shape index (κ1) is 18.6. The average Bonchev–Trinajstić information content (AvgIpc) is 2.64. The normalized spacial score (nSPS) is 15.7. The van der Waals surface area contributed by atoms with Gasteiger partial charge in [0, 0.05) is 36.9 Å². The second-order valence-electron chi connectivity index (χ2n) is 6.80. The van der Waals surface area contributed by atoms with Crippen LogP contribution in [0.4, 0.5) is 5.69 Å². The molecule has 2 aromatic rings. The molecule has 3 rings (SSSR count). The number of nitrogens with zero attached hydrogens (tertiary/aromatic N) is 2. The van der Waals surface area contributed by atoms with E-state index in [1.807, 2.05) is 55.1 Å². The van der Waals surface area contributed by atoms with Crippen LogP contribution in [0.25, 0.3) is 0 Å². The van der Waals surface area contributed by atoms with Crippen molar-refractivity contribution < 1.29 is 9.53 Å². The van der Waals surface area contributed by atoms with Crippen LogP contribution in [0.1, 0.15) is 18.1 Å². The summed E-state index contributed by atoms with van der Waals surface area (Å²) in [6.07, 6.45) is -0.491. The predicted octanol–water partition coefficient (Wildman–Crippen LogP) is 4.07. The predicted molar refractivity (Wildman–Crippen MR) is 106 cm³/mol. The zero-order chi connectivity index (χ0) is 18.7. The van der Waals surface area contributed by atoms with Crippen molar-refractivity contribution in [1.82, 2.24) is 4.90 Å². The summed E-state index contributed by atoms with van der Waals surface area (Å²) in [5.41, 5.74) is 3.48. The Balaban J connectivity index is 1.56. The minimum absolute atomic E-state index is 0.0361. The van der Waals surface area contributed by atoms with Crippen molar-refractivity contribution in [2.75, 3.05) is 31.1 Å². The lowest BCUT2D eigenvalue weighted by Crippen LogP contribution is -2.52. The van der Waals surface area contributed by atoms with Gasteiger partial charge in [0.25, 0.3) is 5.91 Å². The van der Waals surface area contributed by atoms with Crippen LogP contribution in [-0.4, -0.2) is 43.1 Å². The lowest BCUT2D eigenvalue weighted by molar-refractivity contribution is -0.138. The fourth-order valence-corrected chi connectivity index (χ4v) is 3.34. The van der Waals surface area contributed by atoms with Crippen molar-refractivity contribution in [3.8, 4) is 5.75 Å². The molecule has 1 saturated heterocycles. The Morgan fingerprint density at radius 2 is 1.77 bits per heavy atom. The molecule has 1 aliphatic heterocycles. The summed E-state index contributed by atoms with van der Waals surface area (Å²) in [4.78, 5) is 16.8. The van der Waals surface area contributed by atoms with Crippen LogP contribution in [0.2, 0.25) is 5.02 Å². The fourth-order valence-electron chi connectivity index (χ4n) is 3.16. The Bertz CT molecular complexity index is 785. The standard InChI is InChI=1S/C21H25ClN2O2/c1-15-7-8-20(13-16(15)2)26-17(3)21(25)24-11-9-23(10-12-24)19-6-4-5-18(22)14-19/h4-8,13-14,17H,9-12H2,1-3H3/t17-/m1/s1. The monoisotopic (exact) mass is 372 g/mol. The highest BCUT2D eigenvalue weighted by atomic mass is 35.5. The van der Waals surface area contributed by atoms with Gasteiger partial charge in [-0.1, -0.05) is 23.7 Å². The maximum Gasteiger partial charge on any atom is 0.263 e.